The minimum atomic E-state index is -1.07. The van der Waals surface area contributed by atoms with Crippen molar-refractivity contribution < 1.29 is 39.3 Å². The third-order valence-corrected chi connectivity index (χ3v) is 8.16. The summed E-state index contributed by atoms with van der Waals surface area (Å²) in [7, 11) is 0. The number of amides is 2. The zero-order valence-corrected chi connectivity index (χ0v) is 25.5. The minimum Gasteiger partial charge on any atom is -0.480 e. The van der Waals surface area contributed by atoms with Gasteiger partial charge in [-0.1, -0.05) is 36.8 Å². The maximum Gasteiger partial charge on any atom is 0.322 e. The number of carboxylic acids is 3. The molecule has 43 heavy (non-hydrogen) atoms. The molecule has 1 fully saturated rings. The van der Waals surface area contributed by atoms with Gasteiger partial charge >= 0.3 is 17.9 Å². The predicted octanol–water partition coefficient (Wildman–Crippen LogP) is -0.166. The van der Waals surface area contributed by atoms with Crippen LogP contribution >= 0.6 is 11.8 Å². The standard InChI is InChI=1S/C22H32N4O6S.C6H14N2O2/c1-22(2)17(21(31)32)26-19(33-22)16(25-15(27)12-13-8-4-3-5-9-13)18(28)24-11-7-6-10-14(23)20(29)30;7-4-2-1-3-5(8)6(9)10/h3-5,8-9,14,16-17,19,26H,6-7,10-12,23H2,1-2H3,(H,24,28)(H,25,27)(H,29,30)(H,31,32);5H,1-4,7-8H2,(H,9,10)/t14-,16?,17+,19-;5-/m11/s1. The van der Waals surface area contributed by atoms with Gasteiger partial charge in [-0.25, -0.2) is 0 Å². The van der Waals surface area contributed by atoms with Crippen LogP contribution < -0.4 is 33.2 Å². The zero-order chi connectivity index (χ0) is 32.6. The lowest BCUT2D eigenvalue weighted by Gasteiger charge is -2.25. The minimum absolute atomic E-state index is 0.0842. The SMILES string of the molecule is CC1(C)S[C@H](C(NC(=O)Cc2ccccc2)C(=O)NCCCC[C@@H](N)C(=O)O)N[C@H]1C(=O)O.NCCCC[C@@H](N)C(=O)O. The van der Waals surface area contributed by atoms with E-state index < -0.39 is 58.1 Å². The zero-order valence-electron chi connectivity index (χ0n) is 24.7. The highest BCUT2D eigenvalue weighted by molar-refractivity contribution is 8.01. The van der Waals surface area contributed by atoms with Crippen LogP contribution in [0.1, 0.15) is 57.9 Å². The lowest BCUT2D eigenvalue weighted by Crippen LogP contribution is -2.57. The monoisotopic (exact) mass is 626 g/mol. The molecule has 1 aromatic rings. The first-order chi connectivity index (χ1) is 20.2. The van der Waals surface area contributed by atoms with E-state index in [4.69, 9.17) is 27.4 Å². The van der Waals surface area contributed by atoms with Crippen molar-refractivity contribution >= 4 is 41.5 Å². The van der Waals surface area contributed by atoms with E-state index in [1.165, 1.54) is 11.8 Å². The fourth-order valence-electron chi connectivity index (χ4n) is 4.18. The third-order valence-electron chi connectivity index (χ3n) is 6.66. The van der Waals surface area contributed by atoms with Crippen molar-refractivity contribution in [1.29, 1.82) is 0 Å². The number of nitrogens with one attached hydrogen (secondary N) is 3. The molecule has 242 valence electrons. The van der Waals surface area contributed by atoms with E-state index in [0.717, 1.165) is 18.4 Å². The fraction of sp³-hybridized carbons (Fsp3) is 0.607. The maximum atomic E-state index is 13.0. The number of carboxylic acid groups (broad SMARTS) is 3. The van der Waals surface area contributed by atoms with Crippen LogP contribution in [-0.4, -0.2) is 92.4 Å². The molecule has 0 saturated carbocycles. The fourth-order valence-corrected chi connectivity index (χ4v) is 5.67. The van der Waals surface area contributed by atoms with Gasteiger partial charge in [-0.3, -0.25) is 29.3 Å². The van der Waals surface area contributed by atoms with E-state index in [2.05, 4.69) is 16.0 Å². The van der Waals surface area contributed by atoms with Crippen molar-refractivity contribution in [2.75, 3.05) is 13.1 Å². The van der Waals surface area contributed by atoms with Gasteiger partial charge in [-0.15, -0.1) is 11.8 Å². The molecular formula is C28H46N6O8S. The maximum absolute atomic E-state index is 13.0. The molecule has 2 amide bonds. The van der Waals surface area contributed by atoms with E-state index in [-0.39, 0.29) is 25.3 Å². The Balaban J connectivity index is 0.000000790. The van der Waals surface area contributed by atoms with Gasteiger partial charge in [0.1, 0.15) is 24.2 Å². The first-order valence-electron chi connectivity index (χ1n) is 14.1. The Morgan fingerprint density at radius 1 is 0.930 bits per heavy atom. The highest BCUT2D eigenvalue weighted by atomic mass is 32.2. The quantitative estimate of drug-likeness (QED) is 0.102. The number of unbranched alkanes of at least 4 members (excludes halogenated alkanes) is 2. The van der Waals surface area contributed by atoms with Crippen molar-refractivity contribution in [2.24, 2.45) is 17.2 Å². The molecule has 0 bridgehead atoms. The molecule has 12 N–H and O–H groups in total. The number of aliphatic carboxylic acids is 3. The second-order valence-corrected chi connectivity index (χ2v) is 12.5. The van der Waals surface area contributed by atoms with Crippen LogP contribution in [0, 0.1) is 0 Å². The smallest absolute Gasteiger partial charge is 0.322 e. The van der Waals surface area contributed by atoms with Crippen LogP contribution in [0.5, 0.6) is 0 Å². The van der Waals surface area contributed by atoms with Gasteiger partial charge in [0.2, 0.25) is 11.8 Å². The van der Waals surface area contributed by atoms with Crippen LogP contribution in [0.15, 0.2) is 30.3 Å². The van der Waals surface area contributed by atoms with Gasteiger partial charge in [-0.2, -0.15) is 0 Å². The van der Waals surface area contributed by atoms with Crippen molar-refractivity contribution in [1.82, 2.24) is 16.0 Å². The molecule has 15 heteroatoms. The van der Waals surface area contributed by atoms with Crippen LogP contribution in [0.2, 0.25) is 0 Å². The van der Waals surface area contributed by atoms with Crippen molar-refractivity contribution in [3.05, 3.63) is 35.9 Å². The van der Waals surface area contributed by atoms with Gasteiger partial charge in [-0.05, 0) is 58.1 Å². The molecule has 5 atom stereocenters. The second kappa shape index (κ2) is 19.1. The average molecular weight is 627 g/mol. The Morgan fingerprint density at radius 3 is 1.98 bits per heavy atom. The van der Waals surface area contributed by atoms with Crippen LogP contribution in [0.4, 0.5) is 0 Å². The molecule has 1 saturated heterocycles. The number of benzene rings is 1. The largest absolute Gasteiger partial charge is 0.480 e. The lowest BCUT2D eigenvalue weighted by atomic mass is 10.0. The van der Waals surface area contributed by atoms with Crippen LogP contribution in [-0.2, 0) is 30.4 Å². The number of carbonyl (C=O) groups is 5. The van der Waals surface area contributed by atoms with Crippen LogP contribution in [0.25, 0.3) is 0 Å². The summed E-state index contributed by atoms with van der Waals surface area (Å²) in [4.78, 5) is 58.2. The molecule has 2 rings (SSSR count). The third kappa shape index (κ3) is 14.2. The molecule has 0 spiro atoms. The average Bonchev–Trinajstić information content (AvgIpc) is 3.27. The Hall–Kier alpha value is -3.24. The summed E-state index contributed by atoms with van der Waals surface area (Å²) in [5, 5.41) is 34.5. The number of nitrogens with two attached hydrogens (primary N) is 3. The highest BCUT2D eigenvalue weighted by Crippen LogP contribution is 2.39. The number of thioether (sulfide) groups is 1. The summed E-state index contributed by atoms with van der Waals surface area (Å²) < 4.78 is -0.688. The Labute approximate surface area is 255 Å². The highest BCUT2D eigenvalue weighted by Gasteiger charge is 2.49. The molecule has 14 nitrogen and oxygen atoms in total. The number of rotatable bonds is 17. The summed E-state index contributed by atoms with van der Waals surface area (Å²) in [6.07, 6.45) is 3.57. The Bertz CT molecular complexity index is 1060. The number of hydrogen-bond donors (Lipinski definition) is 9. The van der Waals surface area contributed by atoms with Crippen molar-refractivity contribution in [2.45, 2.75) is 93.1 Å². The Kier molecular flexibility index (Phi) is 16.8. The van der Waals surface area contributed by atoms with E-state index >= 15 is 0 Å². The Morgan fingerprint density at radius 2 is 1.49 bits per heavy atom. The van der Waals surface area contributed by atoms with Crippen LogP contribution in [0.3, 0.4) is 0 Å². The van der Waals surface area contributed by atoms with Gasteiger partial charge < -0.3 is 43.2 Å². The van der Waals surface area contributed by atoms with Gasteiger partial charge in [0.25, 0.3) is 0 Å². The molecule has 0 aromatic heterocycles. The van der Waals surface area contributed by atoms with Gasteiger partial charge in [0.15, 0.2) is 0 Å². The molecule has 1 aliphatic rings. The second-order valence-electron chi connectivity index (χ2n) is 10.7. The van der Waals surface area contributed by atoms with Crippen molar-refractivity contribution in [3.63, 3.8) is 0 Å². The molecule has 0 radical (unpaired) electrons. The molecule has 0 aliphatic carbocycles. The van der Waals surface area contributed by atoms with E-state index in [9.17, 15) is 29.1 Å². The predicted molar refractivity (Wildman–Crippen MR) is 163 cm³/mol. The van der Waals surface area contributed by atoms with Gasteiger partial charge in [0.05, 0.1) is 11.8 Å². The van der Waals surface area contributed by atoms with E-state index in [1.807, 2.05) is 30.3 Å². The summed E-state index contributed by atoms with van der Waals surface area (Å²) in [6, 6.07) is 5.56. The molecular weight excluding hydrogens is 580 g/mol. The molecule has 1 unspecified atom stereocenters. The summed E-state index contributed by atoms with van der Waals surface area (Å²) in [5.41, 5.74) is 16.7. The molecule has 1 aliphatic heterocycles. The normalized spacial score (nSPS) is 19.2. The lowest BCUT2D eigenvalue weighted by molar-refractivity contribution is -0.140. The van der Waals surface area contributed by atoms with E-state index in [0.29, 0.717) is 25.8 Å². The number of carbonyl (C=O) groups excluding carboxylic acids is 2. The van der Waals surface area contributed by atoms with E-state index in [1.54, 1.807) is 13.8 Å². The molecule has 1 aromatic carbocycles. The van der Waals surface area contributed by atoms with Crippen molar-refractivity contribution in [3.8, 4) is 0 Å². The number of hydrogen-bond acceptors (Lipinski definition) is 10. The summed E-state index contributed by atoms with van der Waals surface area (Å²) in [6.45, 7) is 4.43. The topological polar surface area (TPSA) is 260 Å². The first kappa shape index (κ1) is 37.8. The first-order valence-corrected chi connectivity index (χ1v) is 15.0. The van der Waals surface area contributed by atoms with Gasteiger partial charge in [0, 0.05) is 11.3 Å². The summed E-state index contributed by atoms with van der Waals surface area (Å²) >= 11 is 1.29. The molecule has 1 heterocycles. The summed E-state index contributed by atoms with van der Waals surface area (Å²) in [5.74, 6) is -3.82.